The predicted molar refractivity (Wildman–Crippen MR) is 132 cm³/mol. The van der Waals surface area contributed by atoms with Gasteiger partial charge in [0.2, 0.25) is 0 Å². The number of amides is 1. The summed E-state index contributed by atoms with van der Waals surface area (Å²) < 4.78 is 2.19. The lowest BCUT2D eigenvalue weighted by atomic mass is 9.96. The van der Waals surface area contributed by atoms with E-state index in [0.29, 0.717) is 0 Å². The van der Waals surface area contributed by atoms with Gasteiger partial charge in [-0.2, -0.15) is 0 Å². The van der Waals surface area contributed by atoms with Gasteiger partial charge in [-0.25, -0.2) is 0 Å². The third-order valence-electron chi connectivity index (χ3n) is 5.89. The van der Waals surface area contributed by atoms with Gasteiger partial charge in [0.25, 0.3) is 5.91 Å². The Balaban J connectivity index is 1.34. The quantitative estimate of drug-likeness (QED) is 0.339. The van der Waals surface area contributed by atoms with Crippen LogP contribution < -0.4 is 0 Å². The molecule has 1 saturated heterocycles. The Labute approximate surface area is 195 Å². The lowest BCUT2D eigenvalue weighted by molar-refractivity contribution is 0.0602. The fraction of sp³-hybridized carbons (Fsp3) is 0.192. The molecule has 5 heteroatoms. The first-order valence-electron chi connectivity index (χ1n) is 10.5. The van der Waals surface area contributed by atoms with Gasteiger partial charge in [-0.1, -0.05) is 76.6 Å². The van der Waals surface area contributed by atoms with Crippen LogP contribution in [0.25, 0.3) is 10.1 Å². The SMILES string of the molecule is O=C(c1cc2cc(Br)ccc2s1)N1CCN(C(c2ccccc2)c2ccccc2)CC1. The van der Waals surface area contributed by atoms with Crippen molar-refractivity contribution in [2.24, 2.45) is 0 Å². The van der Waals surface area contributed by atoms with Crippen molar-refractivity contribution < 1.29 is 4.79 Å². The van der Waals surface area contributed by atoms with Crippen LogP contribution in [0.15, 0.2) is 89.4 Å². The average Bonchev–Trinajstić information content (AvgIpc) is 3.24. The largest absolute Gasteiger partial charge is 0.335 e. The van der Waals surface area contributed by atoms with Crippen LogP contribution in [0.5, 0.6) is 0 Å². The van der Waals surface area contributed by atoms with Crippen molar-refractivity contribution >= 4 is 43.3 Å². The molecule has 3 aromatic carbocycles. The topological polar surface area (TPSA) is 23.6 Å². The zero-order valence-corrected chi connectivity index (χ0v) is 19.5. The number of nitrogens with zero attached hydrogens (tertiary/aromatic N) is 2. The molecule has 31 heavy (non-hydrogen) atoms. The first-order valence-corrected chi connectivity index (χ1v) is 12.1. The fourth-order valence-electron chi connectivity index (χ4n) is 4.34. The fourth-order valence-corrected chi connectivity index (χ4v) is 5.73. The highest BCUT2D eigenvalue weighted by atomic mass is 79.9. The molecule has 0 N–H and O–H groups in total. The molecule has 0 aliphatic carbocycles. The molecule has 0 radical (unpaired) electrons. The number of fused-ring (bicyclic) bond motifs is 1. The van der Waals surface area contributed by atoms with Gasteiger partial charge >= 0.3 is 0 Å². The van der Waals surface area contributed by atoms with Crippen molar-refractivity contribution in [3.63, 3.8) is 0 Å². The molecule has 5 rings (SSSR count). The smallest absolute Gasteiger partial charge is 0.264 e. The molecule has 1 aromatic heterocycles. The van der Waals surface area contributed by atoms with E-state index >= 15 is 0 Å². The molecule has 4 aromatic rings. The summed E-state index contributed by atoms with van der Waals surface area (Å²) >= 11 is 5.10. The van der Waals surface area contributed by atoms with Gasteiger partial charge in [-0.05, 0) is 40.8 Å². The molecular formula is C26H23BrN2OS. The Morgan fingerprint density at radius 1 is 0.806 bits per heavy atom. The van der Waals surface area contributed by atoms with E-state index in [9.17, 15) is 4.79 Å². The molecule has 3 nitrogen and oxygen atoms in total. The molecule has 156 valence electrons. The normalized spacial score (nSPS) is 15.0. The minimum absolute atomic E-state index is 0.146. The van der Waals surface area contributed by atoms with E-state index in [2.05, 4.69) is 93.6 Å². The van der Waals surface area contributed by atoms with Gasteiger partial charge in [-0.3, -0.25) is 9.69 Å². The minimum atomic E-state index is 0.146. The molecule has 2 heterocycles. The number of carbonyl (C=O) groups excluding carboxylic acids is 1. The number of benzene rings is 3. The van der Waals surface area contributed by atoms with Crippen molar-refractivity contribution in [2.75, 3.05) is 26.2 Å². The third-order valence-corrected chi connectivity index (χ3v) is 7.48. The maximum Gasteiger partial charge on any atom is 0.264 e. The molecule has 1 aliphatic heterocycles. The second-order valence-corrected chi connectivity index (χ2v) is 9.84. The summed E-state index contributed by atoms with van der Waals surface area (Å²) in [5, 5.41) is 1.12. The second kappa shape index (κ2) is 8.95. The summed E-state index contributed by atoms with van der Waals surface area (Å²) in [5.41, 5.74) is 2.59. The van der Waals surface area contributed by atoms with Crippen molar-refractivity contribution in [3.8, 4) is 0 Å². The highest BCUT2D eigenvalue weighted by Crippen LogP contribution is 2.31. The Bertz CT molecular complexity index is 1140. The van der Waals surface area contributed by atoms with E-state index in [-0.39, 0.29) is 11.9 Å². The van der Waals surface area contributed by atoms with Crippen LogP contribution in [0.3, 0.4) is 0 Å². The summed E-state index contributed by atoms with van der Waals surface area (Å²) in [6, 6.07) is 29.7. The number of hydrogen-bond donors (Lipinski definition) is 0. The van der Waals surface area contributed by atoms with Crippen LogP contribution in [0.2, 0.25) is 0 Å². The zero-order chi connectivity index (χ0) is 21.2. The minimum Gasteiger partial charge on any atom is -0.335 e. The first kappa shape index (κ1) is 20.4. The van der Waals surface area contributed by atoms with Crippen molar-refractivity contribution in [3.05, 3.63) is 105 Å². The Morgan fingerprint density at radius 2 is 1.42 bits per heavy atom. The van der Waals surface area contributed by atoms with Gasteiger partial charge < -0.3 is 4.90 Å². The van der Waals surface area contributed by atoms with Crippen LogP contribution >= 0.6 is 27.3 Å². The second-order valence-electron chi connectivity index (χ2n) is 7.84. The number of thiophene rings is 1. The maximum atomic E-state index is 13.2. The molecule has 0 atom stereocenters. The van der Waals surface area contributed by atoms with Crippen molar-refractivity contribution in [1.29, 1.82) is 0 Å². The third kappa shape index (κ3) is 4.31. The molecular weight excluding hydrogens is 468 g/mol. The summed E-state index contributed by atoms with van der Waals surface area (Å²) in [7, 11) is 0. The van der Waals surface area contributed by atoms with Crippen molar-refractivity contribution in [1.82, 2.24) is 9.80 Å². The number of rotatable bonds is 4. The van der Waals surface area contributed by atoms with Crippen LogP contribution in [0, 0.1) is 0 Å². The number of piperazine rings is 1. The summed E-state index contributed by atoms with van der Waals surface area (Å²) in [6.07, 6.45) is 0. The first-order chi connectivity index (χ1) is 15.2. The summed E-state index contributed by atoms with van der Waals surface area (Å²) in [5.74, 6) is 0.146. The average molecular weight is 491 g/mol. The molecule has 0 saturated carbocycles. The van der Waals surface area contributed by atoms with Gasteiger partial charge in [-0.15, -0.1) is 11.3 Å². The number of carbonyl (C=O) groups is 1. The van der Waals surface area contributed by atoms with Gasteiger partial charge in [0.05, 0.1) is 10.9 Å². The van der Waals surface area contributed by atoms with Gasteiger partial charge in [0, 0.05) is 35.4 Å². The Hall–Kier alpha value is -2.47. The summed E-state index contributed by atoms with van der Waals surface area (Å²) in [6.45, 7) is 3.20. The van der Waals surface area contributed by atoms with E-state index in [1.54, 1.807) is 11.3 Å². The molecule has 1 amide bonds. The number of hydrogen-bond acceptors (Lipinski definition) is 3. The summed E-state index contributed by atoms with van der Waals surface area (Å²) in [4.78, 5) is 18.5. The Kier molecular flexibility index (Phi) is 5.90. The van der Waals surface area contributed by atoms with E-state index in [0.717, 1.165) is 45.6 Å². The molecule has 0 bridgehead atoms. The lowest BCUT2D eigenvalue weighted by Crippen LogP contribution is -2.49. The highest BCUT2D eigenvalue weighted by molar-refractivity contribution is 9.10. The van der Waals surface area contributed by atoms with Gasteiger partial charge in [0.1, 0.15) is 0 Å². The Morgan fingerprint density at radius 3 is 2.03 bits per heavy atom. The van der Waals surface area contributed by atoms with Crippen LogP contribution in [0.4, 0.5) is 0 Å². The van der Waals surface area contributed by atoms with Crippen LogP contribution in [-0.4, -0.2) is 41.9 Å². The van der Waals surface area contributed by atoms with Crippen molar-refractivity contribution in [2.45, 2.75) is 6.04 Å². The molecule has 0 unspecified atom stereocenters. The highest BCUT2D eigenvalue weighted by Gasteiger charge is 2.29. The monoisotopic (exact) mass is 490 g/mol. The molecule has 1 aliphatic rings. The standard InChI is InChI=1S/C26H23BrN2OS/c27-22-11-12-23-21(17-22)18-24(31-23)26(30)29-15-13-28(14-16-29)25(19-7-3-1-4-8-19)20-9-5-2-6-10-20/h1-12,17-18,25H,13-16H2. The van der Waals surface area contributed by atoms with Crippen LogP contribution in [-0.2, 0) is 0 Å². The van der Waals surface area contributed by atoms with E-state index < -0.39 is 0 Å². The number of halogens is 1. The van der Waals surface area contributed by atoms with E-state index in [1.165, 1.54) is 11.1 Å². The van der Waals surface area contributed by atoms with E-state index in [4.69, 9.17) is 0 Å². The maximum absolute atomic E-state index is 13.2. The molecule has 0 spiro atoms. The zero-order valence-electron chi connectivity index (χ0n) is 17.1. The van der Waals surface area contributed by atoms with Crippen LogP contribution in [0.1, 0.15) is 26.8 Å². The molecule has 1 fully saturated rings. The predicted octanol–water partition coefficient (Wildman–Crippen LogP) is 6.21. The van der Waals surface area contributed by atoms with E-state index in [1.807, 2.05) is 17.0 Å². The lowest BCUT2D eigenvalue weighted by Gasteiger charge is -2.39. The van der Waals surface area contributed by atoms with Gasteiger partial charge in [0.15, 0.2) is 0 Å².